The van der Waals surface area contributed by atoms with Crippen molar-refractivity contribution < 1.29 is 0 Å². The van der Waals surface area contributed by atoms with Gasteiger partial charge in [0.2, 0.25) is 0 Å². The van der Waals surface area contributed by atoms with Crippen LogP contribution in [0.25, 0.3) is 0 Å². The maximum atomic E-state index is 4.99. The molecule has 1 aromatic heterocycles. The van der Waals surface area contributed by atoms with Crippen LogP contribution in [0.2, 0.25) is 0 Å². The fraction of sp³-hybridized carbons (Fsp3) is 0.550. The highest BCUT2D eigenvalue weighted by atomic mass is 15.4. The van der Waals surface area contributed by atoms with Crippen molar-refractivity contribution in [3.63, 3.8) is 0 Å². The second kappa shape index (κ2) is 7.84. The number of fused-ring (bicyclic) bond motifs is 1. The van der Waals surface area contributed by atoms with Crippen molar-refractivity contribution in [3.05, 3.63) is 47.4 Å². The Morgan fingerprint density at radius 2 is 1.88 bits per heavy atom. The van der Waals surface area contributed by atoms with Crippen molar-refractivity contribution in [3.8, 4) is 0 Å². The van der Waals surface area contributed by atoms with Crippen molar-refractivity contribution in [1.29, 1.82) is 0 Å². The van der Waals surface area contributed by atoms with Gasteiger partial charge in [-0.25, -0.2) is 4.98 Å². The van der Waals surface area contributed by atoms with Gasteiger partial charge in [-0.3, -0.25) is 4.90 Å². The number of aromatic amines is 1. The van der Waals surface area contributed by atoms with E-state index in [2.05, 4.69) is 65.9 Å². The predicted molar refractivity (Wildman–Crippen MR) is 100 cm³/mol. The summed E-state index contributed by atoms with van der Waals surface area (Å²) in [5.74, 6) is 2.71. The molecular formula is C20H30N4. The number of rotatable bonds is 7. The Kier molecular flexibility index (Phi) is 5.56. The summed E-state index contributed by atoms with van der Waals surface area (Å²) in [6.45, 7) is 11.0. The highest BCUT2D eigenvalue weighted by Gasteiger charge is 2.26. The number of nitrogens with zero attached hydrogens (tertiary/aromatic N) is 3. The average molecular weight is 326 g/mol. The van der Waals surface area contributed by atoms with E-state index in [0.717, 1.165) is 45.0 Å². The summed E-state index contributed by atoms with van der Waals surface area (Å²) in [7, 11) is 0. The number of nitrogens with one attached hydrogen (secondary N) is 1. The third kappa shape index (κ3) is 3.81. The van der Waals surface area contributed by atoms with Crippen LogP contribution in [-0.4, -0.2) is 34.6 Å². The highest BCUT2D eigenvalue weighted by Crippen LogP contribution is 2.29. The number of hydrogen-bond acceptors (Lipinski definition) is 3. The van der Waals surface area contributed by atoms with Crippen molar-refractivity contribution in [2.45, 2.75) is 52.5 Å². The molecule has 4 nitrogen and oxygen atoms in total. The van der Waals surface area contributed by atoms with Crippen LogP contribution in [0.4, 0.5) is 5.82 Å². The van der Waals surface area contributed by atoms with Gasteiger partial charge in [0.1, 0.15) is 5.82 Å². The summed E-state index contributed by atoms with van der Waals surface area (Å²) < 4.78 is 0. The first kappa shape index (κ1) is 17.0. The number of hydrogen-bond donors (Lipinski definition) is 1. The lowest BCUT2D eigenvalue weighted by atomic mass is 10.0. The fourth-order valence-corrected chi connectivity index (χ4v) is 3.58. The Bertz CT molecular complexity index is 634. The SMILES string of the molecule is CCCN1Cc2[nH]c([C@H](C)Cc3ccccc3)nc2N(CCC)C1. The van der Waals surface area contributed by atoms with E-state index >= 15 is 0 Å². The summed E-state index contributed by atoms with van der Waals surface area (Å²) >= 11 is 0. The van der Waals surface area contributed by atoms with E-state index in [0.29, 0.717) is 5.92 Å². The molecule has 0 spiro atoms. The molecular weight excluding hydrogens is 296 g/mol. The molecule has 2 aromatic rings. The van der Waals surface area contributed by atoms with E-state index in [9.17, 15) is 0 Å². The number of imidazole rings is 1. The molecule has 130 valence electrons. The quantitative estimate of drug-likeness (QED) is 0.830. The van der Waals surface area contributed by atoms with Crippen LogP contribution in [0.15, 0.2) is 30.3 Å². The van der Waals surface area contributed by atoms with Crippen LogP contribution >= 0.6 is 0 Å². The van der Waals surface area contributed by atoms with Crippen LogP contribution in [-0.2, 0) is 13.0 Å². The molecule has 4 heteroatoms. The van der Waals surface area contributed by atoms with Crippen molar-refractivity contribution in [1.82, 2.24) is 14.9 Å². The normalized spacial score (nSPS) is 16.2. The molecule has 0 saturated carbocycles. The van der Waals surface area contributed by atoms with E-state index in [-0.39, 0.29) is 0 Å². The zero-order valence-electron chi connectivity index (χ0n) is 15.3. The van der Waals surface area contributed by atoms with Crippen molar-refractivity contribution >= 4 is 5.82 Å². The van der Waals surface area contributed by atoms with Crippen LogP contribution < -0.4 is 4.90 Å². The lowest BCUT2D eigenvalue weighted by molar-refractivity contribution is 0.248. The fourth-order valence-electron chi connectivity index (χ4n) is 3.58. The van der Waals surface area contributed by atoms with Crippen molar-refractivity contribution in [2.24, 2.45) is 0 Å². The minimum atomic E-state index is 0.404. The standard InChI is InChI=1S/C20H30N4/c1-4-11-23-14-18-20(24(15-23)12-5-2)22-19(21-18)16(3)13-17-9-7-6-8-10-17/h6-10,16H,4-5,11-15H2,1-3H3,(H,21,22)/t16-/m1/s1. The van der Waals surface area contributed by atoms with Gasteiger partial charge in [0.25, 0.3) is 0 Å². The molecule has 0 amide bonds. The Balaban J connectivity index is 1.78. The van der Waals surface area contributed by atoms with Gasteiger partial charge in [-0.1, -0.05) is 51.1 Å². The summed E-state index contributed by atoms with van der Waals surface area (Å²) in [6, 6.07) is 10.7. The highest BCUT2D eigenvalue weighted by molar-refractivity contribution is 5.47. The van der Waals surface area contributed by atoms with E-state index in [4.69, 9.17) is 4.98 Å². The van der Waals surface area contributed by atoms with Gasteiger partial charge in [0.15, 0.2) is 5.82 Å². The second-order valence-electron chi connectivity index (χ2n) is 6.97. The summed E-state index contributed by atoms with van der Waals surface area (Å²) in [5.41, 5.74) is 2.66. The third-order valence-corrected chi connectivity index (χ3v) is 4.71. The van der Waals surface area contributed by atoms with E-state index in [1.807, 2.05) is 0 Å². The molecule has 0 saturated heterocycles. The first-order valence-corrected chi connectivity index (χ1v) is 9.31. The summed E-state index contributed by atoms with van der Waals surface area (Å²) in [4.78, 5) is 13.6. The van der Waals surface area contributed by atoms with Crippen molar-refractivity contribution in [2.75, 3.05) is 24.7 Å². The van der Waals surface area contributed by atoms with E-state index in [1.165, 1.54) is 23.5 Å². The minimum absolute atomic E-state index is 0.404. The van der Waals surface area contributed by atoms with Gasteiger partial charge in [0, 0.05) is 19.0 Å². The van der Waals surface area contributed by atoms with E-state index in [1.54, 1.807) is 0 Å². The molecule has 24 heavy (non-hydrogen) atoms. The third-order valence-electron chi connectivity index (χ3n) is 4.71. The van der Waals surface area contributed by atoms with Crippen LogP contribution in [0.1, 0.15) is 56.6 Å². The van der Waals surface area contributed by atoms with Gasteiger partial charge >= 0.3 is 0 Å². The predicted octanol–water partition coefficient (Wildman–Crippen LogP) is 4.16. The lowest BCUT2D eigenvalue weighted by Gasteiger charge is -2.35. The molecule has 1 N–H and O–H groups in total. The smallest absolute Gasteiger partial charge is 0.152 e. The molecule has 1 aromatic carbocycles. The second-order valence-corrected chi connectivity index (χ2v) is 6.97. The van der Waals surface area contributed by atoms with Gasteiger partial charge in [-0.05, 0) is 31.4 Å². The van der Waals surface area contributed by atoms with Crippen LogP contribution in [0, 0.1) is 0 Å². The summed E-state index contributed by atoms with van der Waals surface area (Å²) in [5, 5.41) is 0. The van der Waals surface area contributed by atoms with Crippen LogP contribution in [0.5, 0.6) is 0 Å². The largest absolute Gasteiger partial charge is 0.343 e. The Labute approximate surface area is 145 Å². The molecule has 0 unspecified atom stereocenters. The molecule has 1 atom stereocenters. The average Bonchev–Trinajstić information content (AvgIpc) is 3.01. The first-order valence-electron chi connectivity index (χ1n) is 9.31. The molecule has 1 aliphatic rings. The lowest BCUT2D eigenvalue weighted by Crippen LogP contribution is -2.43. The molecule has 0 aliphatic carbocycles. The Morgan fingerprint density at radius 1 is 1.12 bits per heavy atom. The monoisotopic (exact) mass is 326 g/mol. The number of aromatic nitrogens is 2. The minimum Gasteiger partial charge on any atom is -0.343 e. The van der Waals surface area contributed by atoms with E-state index < -0.39 is 0 Å². The first-order chi connectivity index (χ1) is 11.7. The zero-order chi connectivity index (χ0) is 16.9. The molecule has 0 radical (unpaired) electrons. The maximum Gasteiger partial charge on any atom is 0.152 e. The van der Waals surface area contributed by atoms with Gasteiger partial charge in [-0.2, -0.15) is 0 Å². The number of anilines is 1. The topological polar surface area (TPSA) is 35.2 Å². The molecule has 2 heterocycles. The maximum absolute atomic E-state index is 4.99. The molecule has 0 bridgehead atoms. The Morgan fingerprint density at radius 3 is 2.58 bits per heavy atom. The molecule has 0 fully saturated rings. The molecule has 3 rings (SSSR count). The van der Waals surface area contributed by atoms with Gasteiger partial charge in [0.05, 0.1) is 12.4 Å². The van der Waals surface area contributed by atoms with Gasteiger partial charge in [-0.15, -0.1) is 0 Å². The summed E-state index contributed by atoms with van der Waals surface area (Å²) in [6.07, 6.45) is 3.38. The van der Waals surface area contributed by atoms with Crippen LogP contribution in [0.3, 0.4) is 0 Å². The van der Waals surface area contributed by atoms with Gasteiger partial charge < -0.3 is 9.88 Å². The molecule has 1 aliphatic heterocycles. The number of benzene rings is 1. The zero-order valence-corrected chi connectivity index (χ0v) is 15.3. The number of H-pyrrole nitrogens is 1. The Hall–Kier alpha value is -1.81.